The number of rotatable bonds is 8. The van der Waals surface area contributed by atoms with Crippen LogP contribution in [0.4, 0.5) is 0 Å². The topological polar surface area (TPSA) is 32.6 Å². The zero-order valence-electron chi connectivity index (χ0n) is 20.2. The van der Waals surface area contributed by atoms with Crippen LogP contribution in [0.3, 0.4) is 0 Å². The Hall–Kier alpha value is -3.91. The third-order valence-corrected chi connectivity index (χ3v) is 6.76. The van der Waals surface area contributed by atoms with Crippen molar-refractivity contribution < 1.29 is 5.11 Å². The molecule has 174 valence electrons. The van der Waals surface area contributed by atoms with Crippen molar-refractivity contribution in [1.29, 1.82) is 0 Å². The van der Waals surface area contributed by atoms with Crippen molar-refractivity contribution >= 4 is 27.8 Å². The van der Waals surface area contributed by atoms with Gasteiger partial charge in [0.25, 0.3) is 0 Å². The van der Waals surface area contributed by atoms with E-state index in [-0.39, 0.29) is 11.8 Å². The third-order valence-electron chi connectivity index (χ3n) is 6.76. The Kier molecular flexibility index (Phi) is 6.90. The molecule has 0 saturated carbocycles. The van der Waals surface area contributed by atoms with E-state index in [1.165, 1.54) is 16.3 Å². The number of nitrogens with zero attached hydrogens (tertiary/aromatic N) is 1. The Morgan fingerprint density at radius 2 is 1.40 bits per heavy atom. The lowest BCUT2D eigenvalue weighted by Crippen LogP contribution is -2.06. The van der Waals surface area contributed by atoms with Gasteiger partial charge in [-0.1, -0.05) is 104 Å². The molecule has 0 aliphatic heterocycles. The summed E-state index contributed by atoms with van der Waals surface area (Å²) in [4.78, 5) is 4.93. The van der Waals surface area contributed by atoms with Crippen LogP contribution in [0.25, 0.3) is 32.7 Å². The van der Waals surface area contributed by atoms with Crippen LogP contribution < -0.4 is 0 Å². The average Bonchev–Trinajstić information content (AvgIpc) is 2.90. The Bertz CT molecular complexity index is 1420. The fraction of sp³-hybridized carbons (Fsp3) is 0.182. The SMILES string of the molecule is CCCC(CCc1ccccc1)N=Cc1cccc(-c2c3ccccc3cc3ccccc23)c1O. The molecule has 0 aliphatic carbocycles. The highest BCUT2D eigenvalue weighted by Gasteiger charge is 2.15. The van der Waals surface area contributed by atoms with Crippen molar-refractivity contribution in [2.75, 3.05) is 0 Å². The molecule has 2 nitrogen and oxygen atoms in total. The fourth-order valence-electron chi connectivity index (χ4n) is 4.96. The van der Waals surface area contributed by atoms with E-state index >= 15 is 0 Å². The predicted octanol–water partition coefficient (Wildman–Crippen LogP) is 8.59. The van der Waals surface area contributed by atoms with Crippen molar-refractivity contribution in [3.05, 3.63) is 114 Å². The first-order valence-electron chi connectivity index (χ1n) is 12.5. The number of aryl methyl sites for hydroxylation is 1. The molecule has 0 aromatic heterocycles. The number of benzene rings is 5. The van der Waals surface area contributed by atoms with Gasteiger partial charge in [0.05, 0.1) is 6.04 Å². The van der Waals surface area contributed by atoms with E-state index in [4.69, 9.17) is 4.99 Å². The second-order valence-electron chi connectivity index (χ2n) is 9.18. The molecule has 0 fully saturated rings. The molecule has 0 amide bonds. The fourth-order valence-corrected chi connectivity index (χ4v) is 4.96. The quantitative estimate of drug-likeness (QED) is 0.184. The lowest BCUT2D eigenvalue weighted by Gasteiger charge is -2.15. The lowest BCUT2D eigenvalue weighted by molar-refractivity contribution is 0.476. The van der Waals surface area contributed by atoms with E-state index in [0.29, 0.717) is 0 Å². The Morgan fingerprint density at radius 1 is 0.743 bits per heavy atom. The summed E-state index contributed by atoms with van der Waals surface area (Å²) in [5, 5.41) is 16.0. The van der Waals surface area contributed by atoms with E-state index in [2.05, 4.69) is 91.9 Å². The average molecular weight is 458 g/mol. The molecule has 0 spiro atoms. The number of para-hydroxylation sites is 1. The molecule has 0 bridgehead atoms. The highest BCUT2D eigenvalue weighted by molar-refractivity contribution is 6.14. The summed E-state index contributed by atoms with van der Waals surface area (Å²) in [5.74, 6) is 0.288. The molecule has 35 heavy (non-hydrogen) atoms. The van der Waals surface area contributed by atoms with E-state index < -0.39 is 0 Å². The molecule has 2 heteroatoms. The van der Waals surface area contributed by atoms with Gasteiger partial charge in [-0.05, 0) is 58.5 Å². The molecule has 0 aliphatic rings. The molecular formula is C33H31NO. The minimum atomic E-state index is 0.238. The number of aliphatic imine (C=N–C) groups is 1. The highest BCUT2D eigenvalue weighted by atomic mass is 16.3. The summed E-state index contributed by atoms with van der Waals surface area (Å²) >= 11 is 0. The molecule has 0 heterocycles. The lowest BCUT2D eigenvalue weighted by atomic mass is 9.91. The molecule has 5 aromatic rings. The van der Waals surface area contributed by atoms with Gasteiger partial charge in [-0.3, -0.25) is 4.99 Å². The van der Waals surface area contributed by atoms with E-state index in [0.717, 1.165) is 53.1 Å². The summed E-state index contributed by atoms with van der Waals surface area (Å²) in [7, 11) is 0. The first-order chi connectivity index (χ1) is 17.2. The minimum absolute atomic E-state index is 0.238. The summed E-state index contributed by atoms with van der Waals surface area (Å²) < 4.78 is 0. The molecule has 0 saturated heterocycles. The Balaban J connectivity index is 1.51. The van der Waals surface area contributed by atoms with Crippen molar-refractivity contribution in [3.8, 4) is 16.9 Å². The summed E-state index contributed by atoms with van der Waals surface area (Å²) in [6.07, 6.45) is 6.01. The number of hydrogen-bond donors (Lipinski definition) is 1. The van der Waals surface area contributed by atoms with Crippen LogP contribution in [0.15, 0.2) is 108 Å². The van der Waals surface area contributed by atoms with Crippen LogP contribution in [-0.2, 0) is 6.42 Å². The van der Waals surface area contributed by atoms with E-state index in [9.17, 15) is 5.11 Å². The number of fused-ring (bicyclic) bond motifs is 2. The van der Waals surface area contributed by atoms with Crippen LogP contribution in [0.5, 0.6) is 5.75 Å². The number of phenols is 1. The van der Waals surface area contributed by atoms with Crippen molar-refractivity contribution in [3.63, 3.8) is 0 Å². The van der Waals surface area contributed by atoms with Gasteiger partial charge in [0.15, 0.2) is 0 Å². The second-order valence-corrected chi connectivity index (χ2v) is 9.18. The van der Waals surface area contributed by atoms with Crippen LogP contribution in [-0.4, -0.2) is 17.4 Å². The van der Waals surface area contributed by atoms with Crippen LogP contribution in [0.2, 0.25) is 0 Å². The summed E-state index contributed by atoms with van der Waals surface area (Å²) in [5.41, 5.74) is 4.02. The normalized spacial score (nSPS) is 12.5. The van der Waals surface area contributed by atoms with Crippen LogP contribution in [0, 0.1) is 0 Å². The van der Waals surface area contributed by atoms with Crippen LogP contribution in [0.1, 0.15) is 37.3 Å². The maximum absolute atomic E-state index is 11.4. The zero-order chi connectivity index (χ0) is 24.0. The predicted molar refractivity (Wildman–Crippen MR) is 150 cm³/mol. The standard InChI is InChI=1S/C33H31NO/c1-2-11-28(21-20-24-12-4-3-5-13-24)34-23-27-16-10-19-31(33(27)35)32-29-17-8-6-14-25(29)22-26-15-7-9-18-30(26)32/h3-10,12-19,22-23,28,35H,2,11,20-21H2,1H3. The molecule has 1 N–H and O–H groups in total. The minimum Gasteiger partial charge on any atom is -0.507 e. The molecule has 0 radical (unpaired) electrons. The smallest absolute Gasteiger partial charge is 0.132 e. The highest BCUT2D eigenvalue weighted by Crippen LogP contribution is 2.41. The summed E-state index contributed by atoms with van der Waals surface area (Å²) in [6.45, 7) is 2.20. The van der Waals surface area contributed by atoms with Gasteiger partial charge in [-0.2, -0.15) is 0 Å². The number of hydrogen-bond acceptors (Lipinski definition) is 2. The van der Waals surface area contributed by atoms with Gasteiger partial charge in [0, 0.05) is 22.9 Å². The van der Waals surface area contributed by atoms with Crippen molar-refractivity contribution in [2.24, 2.45) is 4.99 Å². The van der Waals surface area contributed by atoms with Crippen molar-refractivity contribution in [2.45, 2.75) is 38.6 Å². The van der Waals surface area contributed by atoms with Gasteiger partial charge < -0.3 is 5.11 Å². The van der Waals surface area contributed by atoms with Gasteiger partial charge >= 0.3 is 0 Å². The van der Waals surface area contributed by atoms with E-state index in [1.807, 2.05) is 24.4 Å². The Labute approximate surface area is 207 Å². The van der Waals surface area contributed by atoms with E-state index in [1.54, 1.807) is 0 Å². The molecule has 5 rings (SSSR count). The molecule has 5 aromatic carbocycles. The zero-order valence-corrected chi connectivity index (χ0v) is 20.2. The van der Waals surface area contributed by atoms with Crippen LogP contribution >= 0.6 is 0 Å². The van der Waals surface area contributed by atoms with Crippen molar-refractivity contribution in [1.82, 2.24) is 0 Å². The molecule has 1 atom stereocenters. The Morgan fingerprint density at radius 3 is 2.09 bits per heavy atom. The maximum Gasteiger partial charge on any atom is 0.132 e. The molecular weight excluding hydrogens is 426 g/mol. The largest absolute Gasteiger partial charge is 0.507 e. The first-order valence-corrected chi connectivity index (χ1v) is 12.5. The second kappa shape index (κ2) is 10.6. The van der Waals surface area contributed by atoms with Gasteiger partial charge in [0.1, 0.15) is 5.75 Å². The number of aromatic hydroxyl groups is 1. The van der Waals surface area contributed by atoms with Gasteiger partial charge in [-0.15, -0.1) is 0 Å². The van der Waals surface area contributed by atoms with Gasteiger partial charge in [-0.25, -0.2) is 0 Å². The third kappa shape index (κ3) is 4.97. The van der Waals surface area contributed by atoms with Gasteiger partial charge in [0.2, 0.25) is 0 Å². The number of phenolic OH excluding ortho intramolecular Hbond substituents is 1. The summed E-state index contributed by atoms with van der Waals surface area (Å²) in [6, 6.07) is 35.8. The molecule has 1 unspecified atom stereocenters. The first kappa shape index (κ1) is 22.9. The monoisotopic (exact) mass is 457 g/mol. The maximum atomic E-state index is 11.4.